The third-order valence-corrected chi connectivity index (χ3v) is 5.89. The molecule has 5 nitrogen and oxygen atoms in total. The number of nitrogens with zero attached hydrogens (tertiary/aromatic N) is 2. The molecule has 6 heteroatoms. The van der Waals surface area contributed by atoms with Crippen LogP contribution < -0.4 is 4.74 Å². The Bertz CT molecular complexity index is 1040. The molecule has 0 N–H and O–H groups in total. The number of rotatable bonds is 7. The van der Waals surface area contributed by atoms with Gasteiger partial charge in [0, 0.05) is 23.9 Å². The highest BCUT2D eigenvalue weighted by Crippen LogP contribution is 2.32. The van der Waals surface area contributed by atoms with Gasteiger partial charge in [0.25, 0.3) is 0 Å². The number of ether oxygens (including phenoxy) is 1. The van der Waals surface area contributed by atoms with Crippen LogP contribution in [0.5, 0.6) is 5.75 Å². The normalized spacial score (nSPS) is 15.6. The van der Waals surface area contributed by atoms with Crippen LogP contribution in [0.4, 0.5) is 4.39 Å². The molecule has 30 heavy (non-hydrogen) atoms. The molecule has 0 atom stereocenters. The molecule has 4 rings (SSSR count). The fraction of sp³-hybridized carbons (Fsp3) is 0.417. The fourth-order valence-corrected chi connectivity index (χ4v) is 4.24. The average Bonchev–Trinajstić information content (AvgIpc) is 3.15. The van der Waals surface area contributed by atoms with Crippen LogP contribution in [0.25, 0.3) is 11.0 Å². The van der Waals surface area contributed by atoms with E-state index in [1.54, 1.807) is 13.0 Å². The second-order valence-corrected chi connectivity index (χ2v) is 8.03. The summed E-state index contributed by atoms with van der Waals surface area (Å²) in [5.74, 6) is 0.773. The van der Waals surface area contributed by atoms with Gasteiger partial charge >= 0.3 is 0 Å². The fourth-order valence-electron chi connectivity index (χ4n) is 4.24. The molecule has 0 bridgehead atoms. The van der Waals surface area contributed by atoms with E-state index in [4.69, 9.17) is 9.26 Å². The first kappa shape index (κ1) is 20.5. The molecule has 2 heterocycles. The first-order valence-corrected chi connectivity index (χ1v) is 10.5. The highest BCUT2D eigenvalue weighted by Gasteiger charge is 2.25. The summed E-state index contributed by atoms with van der Waals surface area (Å²) in [5.41, 5.74) is 3.11. The summed E-state index contributed by atoms with van der Waals surface area (Å²) in [6, 6.07) is 10.3. The molecule has 1 saturated heterocycles. The number of halogens is 1. The SMILES string of the molecule is CC(=O)c1cccc(C)c1OCCCN1CCC(c2noc3cc(F)ccc23)CC1. The average molecular weight is 410 g/mol. The van der Waals surface area contributed by atoms with Crippen LogP contribution in [0.3, 0.4) is 0 Å². The zero-order chi connectivity index (χ0) is 21.1. The van der Waals surface area contributed by atoms with E-state index in [9.17, 15) is 9.18 Å². The Labute approximate surface area is 175 Å². The lowest BCUT2D eigenvalue weighted by atomic mass is 9.91. The predicted molar refractivity (Wildman–Crippen MR) is 114 cm³/mol. The molecule has 0 spiro atoms. The largest absolute Gasteiger partial charge is 0.493 e. The molecule has 2 aromatic carbocycles. The summed E-state index contributed by atoms with van der Waals surface area (Å²) < 4.78 is 24.6. The van der Waals surface area contributed by atoms with Gasteiger partial charge in [-0.15, -0.1) is 0 Å². The molecule has 158 valence electrons. The Balaban J connectivity index is 1.26. The standard InChI is InChI=1S/C24H27FN2O3/c1-16-5-3-6-20(17(2)28)24(16)29-14-4-11-27-12-9-18(10-13-27)23-21-8-7-19(25)15-22(21)30-26-23/h3,5-8,15,18H,4,9-14H2,1-2H3. The Morgan fingerprint density at radius 3 is 2.83 bits per heavy atom. The Morgan fingerprint density at radius 2 is 2.07 bits per heavy atom. The molecule has 3 aromatic rings. The van der Waals surface area contributed by atoms with Crippen molar-refractivity contribution < 1.29 is 18.4 Å². The van der Waals surface area contributed by atoms with Crippen molar-refractivity contribution in [1.82, 2.24) is 10.1 Å². The number of carbonyl (C=O) groups is 1. The lowest BCUT2D eigenvalue weighted by molar-refractivity contribution is 0.101. The van der Waals surface area contributed by atoms with Crippen molar-refractivity contribution in [2.45, 2.75) is 39.0 Å². The summed E-state index contributed by atoms with van der Waals surface area (Å²) in [6.45, 7) is 7.06. The molecule has 0 radical (unpaired) electrons. The van der Waals surface area contributed by atoms with E-state index in [-0.39, 0.29) is 11.6 Å². The van der Waals surface area contributed by atoms with E-state index in [0.717, 1.165) is 55.5 Å². The molecule has 0 amide bonds. The highest BCUT2D eigenvalue weighted by molar-refractivity contribution is 5.97. The number of likely N-dealkylation sites (tertiary alicyclic amines) is 1. The zero-order valence-corrected chi connectivity index (χ0v) is 17.5. The minimum Gasteiger partial charge on any atom is -0.493 e. The lowest BCUT2D eigenvalue weighted by Crippen LogP contribution is -2.34. The predicted octanol–water partition coefficient (Wildman–Crippen LogP) is 5.13. The van der Waals surface area contributed by atoms with Crippen molar-refractivity contribution in [3.8, 4) is 5.75 Å². The molecule has 1 aromatic heterocycles. The number of fused-ring (bicyclic) bond motifs is 1. The molecule has 1 aliphatic rings. The number of para-hydroxylation sites is 1. The highest BCUT2D eigenvalue weighted by atomic mass is 19.1. The number of Topliss-reactive ketones (excluding diaryl/α,β-unsaturated/α-hetero) is 1. The lowest BCUT2D eigenvalue weighted by Gasteiger charge is -2.31. The maximum atomic E-state index is 13.4. The van der Waals surface area contributed by atoms with Gasteiger partial charge in [-0.1, -0.05) is 17.3 Å². The summed E-state index contributed by atoms with van der Waals surface area (Å²) in [7, 11) is 0. The molecule has 0 unspecified atom stereocenters. The van der Waals surface area contributed by atoms with Gasteiger partial charge in [-0.25, -0.2) is 4.39 Å². The minimum absolute atomic E-state index is 0.0268. The quantitative estimate of drug-likeness (QED) is 0.399. The molecular weight excluding hydrogens is 383 g/mol. The maximum Gasteiger partial charge on any atom is 0.170 e. The monoisotopic (exact) mass is 410 g/mol. The van der Waals surface area contributed by atoms with Gasteiger partial charge in [0.2, 0.25) is 0 Å². The van der Waals surface area contributed by atoms with Crippen molar-refractivity contribution in [2.24, 2.45) is 0 Å². The topological polar surface area (TPSA) is 55.6 Å². The smallest absolute Gasteiger partial charge is 0.170 e. The van der Waals surface area contributed by atoms with E-state index < -0.39 is 0 Å². The van der Waals surface area contributed by atoms with Gasteiger partial charge in [0.05, 0.1) is 17.9 Å². The van der Waals surface area contributed by atoms with E-state index in [1.807, 2.05) is 25.1 Å². The second kappa shape index (κ2) is 8.96. The number of piperidine rings is 1. The number of benzene rings is 2. The van der Waals surface area contributed by atoms with Gasteiger partial charge in [-0.3, -0.25) is 4.79 Å². The number of hydrogen-bond donors (Lipinski definition) is 0. The van der Waals surface area contributed by atoms with Crippen LogP contribution in [0.15, 0.2) is 40.9 Å². The molecular formula is C24H27FN2O3. The number of aromatic nitrogens is 1. The maximum absolute atomic E-state index is 13.4. The second-order valence-electron chi connectivity index (χ2n) is 8.03. The van der Waals surface area contributed by atoms with Gasteiger partial charge in [0.15, 0.2) is 11.4 Å². The van der Waals surface area contributed by atoms with Crippen molar-refractivity contribution in [3.63, 3.8) is 0 Å². The van der Waals surface area contributed by atoms with Crippen LogP contribution in [-0.4, -0.2) is 42.1 Å². The van der Waals surface area contributed by atoms with Gasteiger partial charge in [0.1, 0.15) is 11.6 Å². The molecule has 1 fully saturated rings. The summed E-state index contributed by atoms with van der Waals surface area (Å²) in [4.78, 5) is 14.2. The van der Waals surface area contributed by atoms with Crippen LogP contribution >= 0.6 is 0 Å². The van der Waals surface area contributed by atoms with Crippen molar-refractivity contribution in [3.05, 3.63) is 59.0 Å². The molecule has 0 aliphatic carbocycles. The van der Waals surface area contributed by atoms with E-state index >= 15 is 0 Å². The Hall–Kier alpha value is -2.73. The van der Waals surface area contributed by atoms with Gasteiger partial charge in [-0.05, 0) is 70.0 Å². The van der Waals surface area contributed by atoms with Crippen LogP contribution in [0.1, 0.15) is 53.7 Å². The van der Waals surface area contributed by atoms with Crippen LogP contribution in [0, 0.1) is 12.7 Å². The van der Waals surface area contributed by atoms with E-state index in [2.05, 4.69) is 10.1 Å². The number of carbonyl (C=O) groups excluding carboxylic acids is 1. The minimum atomic E-state index is -0.302. The number of ketones is 1. The summed E-state index contributed by atoms with van der Waals surface area (Å²) in [5, 5.41) is 5.14. The van der Waals surface area contributed by atoms with Crippen molar-refractivity contribution in [1.29, 1.82) is 0 Å². The third kappa shape index (κ3) is 4.38. The number of aryl methyl sites for hydroxylation is 1. The van der Waals surface area contributed by atoms with Crippen molar-refractivity contribution >= 4 is 16.8 Å². The third-order valence-electron chi connectivity index (χ3n) is 5.89. The van der Waals surface area contributed by atoms with Crippen LogP contribution in [0.2, 0.25) is 0 Å². The van der Waals surface area contributed by atoms with Crippen molar-refractivity contribution in [2.75, 3.05) is 26.2 Å². The Morgan fingerprint density at radius 1 is 1.27 bits per heavy atom. The van der Waals surface area contributed by atoms with Gasteiger partial charge < -0.3 is 14.2 Å². The van der Waals surface area contributed by atoms with Crippen LogP contribution in [-0.2, 0) is 0 Å². The first-order valence-electron chi connectivity index (χ1n) is 10.5. The van der Waals surface area contributed by atoms with E-state index in [0.29, 0.717) is 29.4 Å². The van der Waals surface area contributed by atoms with Gasteiger partial charge in [-0.2, -0.15) is 0 Å². The first-order chi connectivity index (χ1) is 14.5. The van der Waals surface area contributed by atoms with E-state index in [1.165, 1.54) is 12.1 Å². The summed E-state index contributed by atoms with van der Waals surface area (Å²) in [6.07, 6.45) is 2.92. The molecule has 1 aliphatic heterocycles. The molecule has 0 saturated carbocycles. The summed E-state index contributed by atoms with van der Waals surface area (Å²) >= 11 is 0. The number of hydrogen-bond acceptors (Lipinski definition) is 5. The zero-order valence-electron chi connectivity index (χ0n) is 17.5. The Kier molecular flexibility index (Phi) is 6.13.